The van der Waals surface area contributed by atoms with Gasteiger partial charge in [-0.25, -0.2) is 0 Å². The lowest BCUT2D eigenvalue weighted by Gasteiger charge is -2.28. The Morgan fingerprint density at radius 2 is 1.25 bits per heavy atom. The molecule has 0 atom stereocenters. The van der Waals surface area contributed by atoms with E-state index in [2.05, 4.69) is 32.7 Å². The van der Waals surface area contributed by atoms with Crippen LogP contribution in [0.5, 0.6) is 0 Å². The van der Waals surface area contributed by atoms with Gasteiger partial charge in [-0.1, -0.05) is 78.6 Å². The summed E-state index contributed by atoms with van der Waals surface area (Å²) in [6, 6.07) is 0. The van der Waals surface area contributed by atoms with E-state index in [9.17, 15) is 0 Å². The number of rotatable bonds is 14. The number of hydrogen-bond acceptors (Lipinski definition) is 2. The van der Waals surface area contributed by atoms with Crippen molar-refractivity contribution in [3.63, 3.8) is 0 Å². The molecule has 0 bridgehead atoms. The molecule has 2 heteroatoms. The molecule has 2 N–H and O–H groups in total. The van der Waals surface area contributed by atoms with Gasteiger partial charge in [0, 0.05) is 6.54 Å². The van der Waals surface area contributed by atoms with Crippen LogP contribution in [0, 0.1) is 5.41 Å². The molecule has 0 rings (SSSR count). The van der Waals surface area contributed by atoms with Crippen LogP contribution in [0.15, 0.2) is 0 Å². The van der Waals surface area contributed by atoms with Gasteiger partial charge in [-0.15, -0.1) is 0 Å². The Labute approximate surface area is 128 Å². The van der Waals surface area contributed by atoms with Crippen molar-refractivity contribution < 1.29 is 0 Å². The van der Waals surface area contributed by atoms with Gasteiger partial charge in [0.15, 0.2) is 0 Å². The predicted octanol–water partition coefficient (Wildman–Crippen LogP) is 4.82. The molecule has 0 heterocycles. The van der Waals surface area contributed by atoms with E-state index in [1.165, 1.54) is 70.8 Å². The highest BCUT2D eigenvalue weighted by molar-refractivity contribution is 4.72. The Balaban J connectivity index is 3.27. The van der Waals surface area contributed by atoms with Gasteiger partial charge in [-0.2, -0.15) is 0 Å². The van der Waals surface area contributed by atoms with Crippen molar-refractivity contribution in [3.8, 4) is 0 Å². The Kier molecular flexibility index (Phi) is 12.6. The summed E-state index contributed by atoms with van der Waals surface area (Å²) in [5, 5.41) is 0. The number of hydrogen-bond donors (Lipinski definition) is 1. The summed E-state index contributed by atoms with van der Waals surface area (Å²) in [5.41, 5.74) is 6.04. The van der Waals surface area contributed by atoms with Crippen LogP contribution in [-0.2, 0) is 0 Å². The topological polar surface area (TPSA) is 29.3 Å². The van der Waals surface area contributed by atoms with Crippen LogP contribution in [0.1, 0.15) is 85.0 Å². The van der Waals surface area contributed by atoms with Crippen molar-refractivity contribution in [2.24, 2.45) is 11.1 Å². The summed E-state index contributed by atoms with van der Waals surface area (Å²) < 4.78 is 0. The molecule has 0 radical (unpaired) electrons. The fourth-order valence-electron chi connectivity index (χ4n) is 2.74. The highest BCUT2D eigenvalue weighted by Crippen LogP contribution is 2.15. The van der Waals surface area contributed by atoms with E-state index in [4.69, 9.17) is 5.73 Å². The van der Waals surface area contributed by atoms with Crippen LogP contribution >= 0.6 is 0 Å². The average molecular weight is 285 g/mol. The number of unbranched alkanes of at least 4 members (excludes halogenated alkanes) is 9. The molecule has 0 aromatic rings. The second-order valence-electron chi connectivity index (χ2n) is 7.29. The maximum absolute atomic E-state index is 5.78. The van der Waals surface area contributed by atoms with Gasteiger partial charge in [0.05, 0.1) is 0 Å². The van der Waals surface area contributed by atoms with Crippen LogP contribution in [0.4, 0.5) is 0 Å². The molecule has 0 spiro atoms. The van der Waals surface area contributed by atoms with Crippen LogP contribution < -0.4 is 5.73 Å². The third-order valence-electron chi connectivity index (χ3n) is 4.14. The van der Waals surface area contributed by atoms with E-state index >= 15 is 0 Å². The Hall–Kier alpha value is -0.0800. The summed E-state index contributed by atoms with van der Waals surface area (Å²) in [4.78, 5) is 2.44. The fourth-order valence-corrected chi connectivity index (χ4v) is 2.74. The van der Waals surface area contributed by atoms with Gasteiger partial charge >= 0.3 is 0 Å². The lowest BCUT2D eigenvalue weighted by molar-refractivity contribution is 0.212. The summed E-state index contributed by atoms with van der Waals surface area (Å²) in [6.45, 7) is 9.89. The first-order valence-corrected chi connectivity index (χ1v) is 8.90. The summed E-state index contributed by atoms with van der Waals surface area (Å²) in [6.07, 6.45) is 14.1. The smallest absolute Gasteiger partial charge is 0.00417 e. The lowest BCUT2D eigenvalue weighted by atomic mass is 9.93. The molecular formula is C18H40N2. The third kappa shape index (κ3) is 12.9. The Morgan fingerprint density at radius 3 is 1.70 bits per heavy atom. The molecule has 0 saturated heterocycles. The molecule has 2 nitrogen and oxygen atoms in total. The molecule has 0 saturated carbocycles. The summed E-state index contributed by atoms with van der Waals surface area (Å²) in [5.74, 6) is 0. The molecule has 0 fully saturated rings. The van der Waals surface area contributed by atoms with Crippen molar-refractivity contribution >= 4 is 0 Å². The van der Waals surface area contributed by atoms with E-state index < -0.39 is 0 Å². The van der Waals surface area contributed by atoms with E-state index in [-0.39, 0.29) is 5.41 Å². The minimum atomic E-state index is 0.257. The zero-order chi connectivity index (χ0) is 15.3. The summed E-state index contributed by atoms with van der Waals surface area (Å²) >= 11 is 0. The van der Waals surface area contributed by atoms with E-state index in [0.29, 0.717) is 0 Å². The van der Waals surface area contributed by atoms with Crippen molar-refractivity contribution in [2.75, 3.05) is 26.7 Å². The lowest BCUT2D eigenvalue weighted by Crippen LogP contribution is -2.37. The Bertz CT molecular complexity index is 202. The molecule has 0 unspecified atom stereocenters. The molecule has 0 aromatic carbocycles. The first kappa shape index (κ1) is 19.9. The number of nitrogens with zero attached hydrogens (tertiary/aromatic N) is 1. The van der Waals surface area contributed by atoms with E-state index in [1.807, 2.05) is 0 Å². The molecule has 122 valence electrons. The minimum absolute atomic E-state index is 0.257. The summed E-state index contributed by atoms with van der Waals surface area (Å²) in [7, 11) is 2.23. The molecule has 0 aliphatic carbocycles. The van der Waals surface area contributed by atoms with Crippen molar-refractivity contribution in [1.82, 2.24) is 4.90 Å². The minimum Gasteiger partial charge on any atom is -0.330 e. The van der Waals surface area contributed by atoms with Crippen molar-refractivity contribution in [1.29, 1.82) is 0 Å². The molecule has 0 aliphatic heterocycles. The quantitative estimate of drug-likeness (QED) is 0.463. The monoisotopic (exact) mass is 284 g/mol. The second kappa shape index (κ2) is 12.6. The molecule has 0 amide bonds. The zero-order valence-electron chi connectivity index (χ0n) is 14.7. The first-order chi connectivity index (χ1) is 9.52. The van der Waals surface area contributed by atoms with Gasteiger partial charge < -0.3 is 10.6 Å². The maximum Gasteiger partial charge on any atom is 0.00417 e. The highest BCUT2D eigenvalue weighted by Gasteiger charge is 2.17. The van der Waals surface area contributed by atoms with E-state index in [1.54, 1.807) is 0 Å². The average Bonchev–Trinajstić information content (AvgIpc) is 2.40. The third-order valence-corrected chi connectivity index (χ3v) is 4.14. The fraction of sp³-hybridized carbons (Fsp3) is 1.00. The largest absolute Gasteiger partial charge is 0.330 e. The molecule has 0 aromatic heterocycles. The Morgan fingerprint density at radius 1 is 0.800 bits per heavy atom. The zero-order valence-corrected chi connectivity index (χ0v) is 14.7. The van der Waals surface area contributed by atoms with Crippen LogP contribution in [0.2, 0.25) is 0 Å². The molecule has 20 heavy (non-hydrogen) atoms. The maximum atomic E-state index is 5.78. The highest BCUT2D eigenvalue weighted by atomic mass is 15.1. The molecule has 0 aliphatic rings. The van der Waals surface area contributed by atoms with Crippen molar-refractivity contribution in [2.45, 2.75) is 85.0 Å². The van der Waals surface area contributed by atoms with Gasteiger partial charge in [-0.05, 0) is 32.0 Å². The predicted molar refractivity (Wildman–Crippen MR) is 92.2 cm³/mol. The van der Waals surface area contributed by atoms with E-state index in [0.717, 1.165) is 13.1 Å². The molecular weight excluding hydrogens is 244 g/mol. The second-order valence-corrected chi connectivity index (χ2v) is 7.29. The van der Waals surface area contributed by atoms with Crippen molar-refractivity contribution in [3.05, 3.63) is 0 Å². The standard InChI is InChI=1S/C18H40N2/c1-5-6-7-8-9-10-11-12-13-14-15-20(4)17-18(2,3)16-19/h5-17,19H2,1-4H3. The van der Waals surface area contributed by atoms with Crippen LogP contribution in [0.3, 0.4) is 0 Å². The van der Waals surface area contributed by atoms with Crippen LogP contribution in [0.25, 0.3) is 0 Å². The SMILES string of the molecule is CCCCCCCCCCCCN(C)CC(C)(C)CN. The van der Waals surface area contributed by atoms with Crippen LogP contribution in [-0.4, -0.2) is 31.6 Å². The first-order valence-electron chi connectivity index (χ1n) is 8.90. The number of nitrogens with two attached hydrogens (primary N) is 1. The van der Waals surface area contributed by atoms with Gasteiger partial charge in [0.1, 0.15) is 0 Å². The normalized spacial score (nSPS) is 12.3. The van der Waals surface area contributed by atoms with Gasteiger partial charge in [0.25, 0.3) is 0 Å². The van der Waals surface area contributed by atoms with Gasteiger partial charge in [-0.3, -0.25) is 0 Å². The van der Waals surface area contributed by atoms with Gasteiger partial charge in [0.2, 0.25) is 0 Å².